The fraction of sp³-hybridized carbons (Fsp3) is 0.385. The number of primary amides is 1. The first kappa shape index (κ1) is 14.5. The quantitative estimate of drug-likeness (QED) is 0.851. The fourth-order valence-corrected chi connectivity index (χ4v) is 3.30. The van der Waals surface area contributed by atoms with Crippen LogP contribution in [-0.2, 0) is 14.8 Å². The molecule has 1 aliphatic heterocycles. The van der Waals surface area contributed by atoms with Crippen LogP contribution in [0.4, 0.5) is 0 Å². The van der Waals surface area contributed by atoms with Gasteiger partial charge in [0.1, 0.15) is 11.9 Å². The minimum Gasteiger partial charge on any atom is -0.368 e. The molecule has 1 aromatic carbocycles. The molecule has 2 rings (SSSR count). The Bertz CT molecular complexity index is 665. The Morgan fingerprint density at radius 1 is 1.35 bits per heavy atom. The van der Waals surface area contributed by atoms with Crippen molar-refractivity contribution in [1.29, 1.82) is 0 Å². The van der Waals surface area contributed by atoms with E-state index < -0.39 is 22.0 Å². The molecule has 1 unspecified atom stereocenters. The molecule has 1 aliphatic rings. The summed E-state index contributed by atoms with van der Waals surface area (Å²) in [5, 5.41) is 0. The summed E-state index contributed by atoms with van der Waals surface area (Å²) in [5.74, 6) is -0.148. The highest BCUT2D eigenvalue weighted by Gasteiger charge is 2.31. The van der Waals surface area contributed by atoms with Gasteiger partial charge in [-0.25, -0.2) is 8.42 Å². The average molecular weight is 295 g/mol. The Morgan fingerprint density at radius 3 is 2.60 bits per heavy atom. The Balaban J connectivity index is 2.43. The fourth-order valence-electron chi connectivity index (χ4n) is 2.06. The highest BCUT2D eigenvalue weighted by atomic mass is 32.2. The molecule has 0 spiro atoms. The van der Waals surface area contributed by atoms with Crippen molar-refractivity contribution in [2.75, 3.05) is 0 Å². The third-order valence-electron chi connectivity index (χ3n) is 2.97. The van der Waals surface area contributed by atoms with Gasteiger partial charge in [0.2, 0.25) is 5.91 Å². The molecule has 6 nitrogen and oxygen atoms in total. The van der Waals surface area contributed by atoms with E-state index in [2.05, 4.69) is 9.71 Å². The number of sulfonamides is 1. The number of aliphatic imine (C=N–C) groups is 1. The summed E-state index contributed by atoms with van der Waals surface area (Å²) in [6.07, 6.45) is 0.475. The lowest BCUT2D eigenvalue weighted by Gasteiger charge is -2.12. The minimum atomic E-state index is -3.59. The number of carbonyl (C=O) groups is 1. The first-order valence-electron chi connectivity index (χ1n) is 6.30. The monoisotopic (exact) mass is 295 g/mol. The molecular weight excluding hydrogens is 278 g/mol. The number of nitrogens with one attached hydrogen (secondary N) is 1. The number of fused-ring (bicyclic) bond motifs is 1. The van der Waals surface area contributed by atoms with Crippen LogP contribution >= 0.6 is 0 Å². The molecule has 0 saturated carbocycles. The molecule has 1 aromatic rings. The molecule has 0 aromatic heterocycles. The summed E-state index contributed by atoms with van der Waals surface area (Å²) >= 11 is 0. The smallest absolute Gasteiger partial charge is 0.263 e. The predicted octanol–water partition coefficient (Wildman–Crippen LogP) is 0.625. The number of rotatable bonds is 4. The molecule has 1 amide bonds. The first-order chi connectivity index (χ1) is 9.31. The van der Waals surface area contributed by atoms with Crippen molar-refractivity contribution in [2.24, 2.45) is 16.6 Å². The van der Waals surface area contributed by atoms with Crippen LogP contribution in [0.5, 0.6) is 0 Å². The van der Waals surface area contributed by atoms with Gasteiger partial charge in [0, 0.05) is 5.56 Å². The molecule has 7 heteroatoms. The van der Waals surface area contributed by atoms with E-state index >= 15 is 0 Å². The lowest BCUT2D eigenvalue weighted by atomic mass is 10.0. The van der Waals surface area contributed by atoms with Crippen LogP contribution in [0.15, 0.2) is 34.2 Å². The number of nitrogens with two attached hydrogens (primary N) is 1. The normalized spacial score (nSPS) is 19.6. The molecule has 0 bridgehead atoms. The SMILES string of the molecule is CC(C)CC(N=C1NS(=O)(=O)c2ccccc21)C(N)=O. The van der Waals surface area contributed by atoms with E-state index in [0.717, 1.165) is 0 Å². The third kappa shape index (κ3) is 2.82. The summed E-state index contributed by atoms with van der Waals surface area (Å²) in [6, 6.07) is 5.78. The van der Waals surface area contributed by atoms with E-state index in [0.29, 0.717) is 12.0 Å². The number of amides is 1. The molecule has 1 atom stereocenters. The average Bonchev–Trinajstić information content (AvgIpc) is 2.60. The summed E-state index contributed by atoms with van der Waals surface area (Å²) < 4.78 is 26.2. The molecule has 108 valence electrons. The number of carbonyl (C=O) groups excluding carboxylic acids is 1. The van der Waals surface area contributed by atoms with E-state index in [9.17, 15) is 13.2 Å². The molecule has 20 heavy (non-hydrogen) atoms. The zero-order valence-corrected chi connectivity index (χ0v) is 12.1. The Kier molecular flexibility index (Phi) is 3.80. The van der Waals surface area contributed by atoms with Crippen molar-refractivity contribution in [3.05, 3.63) is 29.8 Å². The summed E-state index contributed by atoms with van der Waals surface area (Å²) in [7, 11) is -3.59. The Labute approximate surface area is 118 Å². The minimum absolute atomic E-state index is 0.173. The molecule has 3 N–H and O–H groups in total. The van der Waals surface area contributed by atoms with Crippen LogP contribution in [0.3, 0.4) is 0 Å². The first-order valence-corrected chi connectivity index (χ1v) is 7.79. The summed E-state index contributed by atoms with van der Waals surface area (Å²) in [6.45, 7) is 3.89. The standard InChI is InChI=1S/C13H17N3O3S/c1-8(2)7-10(12(14)17)15-13-9-5-3-4-6-11(9)20(18,19)16-13/h3-6,8,10H,7H2,1-2H3,(H2,14,17)(H,15,16). The van der Waals surface area contributed by atoms with Gasteiger partial charge in [0.05, 0.1) is 4.90 Å². The maximum Gasteiger partial charge on any atom is 0.263 e. The van der Waals surface area contributed by atoms with Gasteiger partial charge in [0.25, 0.3) is 10.0 Å². The number of amidine groups is 1. The van der Waals surface area contributed by atoms with Crippen LogP contribution < -0.4 is 10.5 Å². The van der Waals surface area contributed by atoms with E-state index in [1.54, 1.807) is 18.2 Å². The highest BCUT2D eigenvalue weighted by Crippen LogP contribution is 2.23. The van der Waals surface area contributed by atoms with E-state index in [-0.39, 0.29) is 16.6 Å². The molecule has 1 heterocycles. The van der Waals surface area contributed by atoms with Gasteiger partial charge < -0.3 is 5.73 Å². The van der Waals surface area contributed by atoms with Gasteiger partial charge in [-0.15, -0.1) is 0 Å². The second kappa shape index (κ2) is 5.24. The van der Waals surface area contributed by atoms with Crippen LogP contribution in [0.25, 0.3) is 0 Å². The van der Waals surface area contributed by atoms with Crippen molar-refractivity contribution in [3.8, 4) is 0 Å². The third-order valence-corrected chi connectivity index (χ3v) is 4.37. The molecular formula is C13H17N3O3S. The Hall–Kier alpha value is -1.89. The molecule has 0 saturated heterocycles. The van der Waals surface area contributed by atoms with Gasteiger partial charge in [-0.2, -0.15) is 0 Å². The number of benzene rings is 1. The van der Waals surface area contributed by atoms with Crippen LogP contribution in [0.2, 0.25) is 0 Å². The number of hydrogen-bond donors (Lipinski definition) is 2. The van der Waals surface area contributed by atoms with E-state index in [4.69, 9.17) is 5.73 Å². The van der Waals surface area contributed by atoms with Crippen molar-refractivity contribution in [3.63, 3.8) is 0 Å². The van der Waals surface area contributed by atoms with Gasteiger partial charge in [-0.05, 0) is 24.5 Å². The summed E-state index contributed by atoms with van der Waals surface area (Å²) in [4.78, 5) is 15.8. The number of hydrogen-bond acceptors (Lipinski definition) is 4. The van der Waals surface area contributed by atoms with E-state index in [1.165, 1.54) is 6.07 Å². The van der Waals surface area contributed by atoms with Gasteiger partial charge in [-0.1, -0.05) is 26.0 Å². The predicted molar refractivity (Wildman–Crippen MR) is 75.7 cm³/mol. The molecule has 0 fully saturated rings. The van der Waals surface area contributed by atoms with Gasteiger partial charge in [0.15, 0.2) is 0 Å². The van der Waals surface area contributed by atoms with Crippen LogP contribution in [-0.4, -0.2) is 26.2 Å². The van der Waals surface area contributed by atoms with Crippen molar-refractivity contribution < 1.29 is 13.2 Å². The Morgan fingerprint density at radius 2 is 2.00 bits per heavy atom. The maximum absolute atomic E-state index is 11.9. The lowest BCUT2D eigenvalue weighted by Crippen LogP contribution is -2.32. The van der Waals surface area contributed by atoms with Crippen molar-refractivity contribution >= 4 is 21.8 Å². The second-order valence-corrected chi connectivity index (χ2v) is 6.78. The van der Waals surface area contributed by atoms with Crippen molar-refractivity contribution in [2.45, 2.75) is 31.2 Å². The molecule has 0 radical (unpaired) electrons. The summed E-state index contributed by atoms with van der Waals surface area (Å²) in [5.41, 5.74) is 5.80. The van der Waals surface area contributed by atoms with Crippen LogP contribution in [0.1, 0.15) is 25.8 Å². The topological polar surface area (TPSA) is 102 Å². The maximum atomic E-state index is 11.9. The van der Waals surface area contributed by atoms with Crippen LogP contribution in [0, 0.1) is 5.92 Å². The zero-order chi connectivity index (χ0) is 14.9. The molecule has 0 aliphatic carbocycles. The highest BCUT2D eigenvalue weighted by molar-refractivity contribution is 7.90. The van der Waals surface area contributed by atoms with Gasteiger partial charge in [-0.3, -0.25) is 14.5 Å². The second-order valence-electron chi connectivity index (χ2n) is 5.13. The lowest BCUT2D eigenvalue weighted by molar-refractivity contribution is -0.119. The van der Waals surface area contributed by atoms with Crippen molar-refractivity contribution in [1.82, 2.24) is 4.72 Å². The largest absolute Gasteiger partial charge is 0.368 e. The van der Waals surface area contributed by atoms with E-state index in [1.807, 2.05) is 13.8 Å². The van der Waals surface area contributed by atoms with Gasteiger partial charge >= 0.3 is 0 Å². The number of nitrogens with zero attached hydrogens (tertiary/aromatic N) is 1. The zero-order valence-electron chi connectivity index (χ0n) is 11.3.